The first kappa shape index (κ1) is 29.3. The van der Waals surface area contributed by atoms with Crippen LogP contribution in [0.5, 0.6) is 11.5 Å². The molecule has 0 saturated heterocycles. The molecule has 1 aliphatic rings. The van der Waals surface area contributed by atoms with E-state index >= 15 is 0 Å². The summed E-state index contributed by atoms with van der Waals surface area (Å²) in [5.74, 6) is 1.79. The Kier molecular flexibility index (Phi) is 5.69. The second-order valence-electron chi connectivity index (χ2n) is 15.1. The minimum atomic E-state index is 0.892. The van der Waals surface area contributed by atoms with Gasteiger partial charge < -0.3 is 4.74 Å². The monoisotopic (exact) mass is 694 g/mol. The number of benzene rings is 12. The quantitative estimate of drug-likeness (QED) is 0.164. The zero-order valence-electron chi connectivity index (χ0n) is 29.7. The molecular weight excluding hydrogens is 665 g/mol. The topological polar surface area (TPSA) is 9.23 Å². The fraction of sp³-hybridized carbons (Fsp3) is 0. The first-order chi connectivity index (χ1) is 27.3. The fourth-order valence-corrected chi connectivity index (χ4v) is 9.92. The summed E-state index contributed by atoms with van der Waals surface area (Å²) in [6.45, 7) is 0. The summed E-state index contributed by atoms with van der Waals surface area (Å²) in [5, 5.41) is 20.3. The predicted octanol–water partition coefficient (Wildman–Crippen LogP) is 15.5. The van der Waals surface area contributed by atoms with Gasteiger partial charge in [0.25, 0.3) is 0 Å². The average Bonchev–Trinajstić information content (AvgIpc) is 3.25. The normalized spacial score (nSPS) is 12.5. The summed E-state index contributed by atoms with van der Waals surface area (Å²) in [5.41, 5.74) is 7.23. The summed E-state index contributed by atoms with van der Waals surface area (Å²) in [4.78, 5) is 0. The van der Waals surface area contributed by atoms with E-state index in [9.17, 15) is 0 Å². The minimum Gasteiger partial charge on any atom is -0.456 e. The molecule has 0 fully saturated rings. The molecule has 13 rings (SSSR count). The van der Waals surface area contributed by atoms with Crippen LogP contribution < -0.4 is 4.74 Å². The van der Waals surface area contributed by atoms with Gasteiger partial charge in [0.05, 0.1) is 0 Å². The van der Waals surface area contributed by atoms with Crippen molar-refractivity contribution in [1.82, 2.24) is 0 Å². The van der Waals surface area contributed by atoms with E-state index in [1.165, 1.54) is 108 Å². The van der Waals surface area contributed by atoms with Gasteiger partial charge in [-0.1, -0.05) is 146 Å². The molecule has 0 saturated carbocycles. The maximum absolute atomic E-state index is 6.89. The lowest BCUT2D eigenvalue weighted by Gasteiger charge is -2.24. The van der Waals surface area contributed by atoms with E-state index in [1.54, 1.807) is 0 Å². The third-order valence-corrected chi connectivity index (χ3v) is 12.4. The lowest BCUT2D eigenvalue weighted by Crippen LogP contribution is -1.99. The zero-order chi connectivity index (χ0) is 35.8. The van der Waals surface area contributed by atoms with Crippen LogP contribution in [0.4, 0.5) is 0 Å². The van der Waals surface area contributed by atoms with Gasteiger partial charge in [0.1, 0.15) is 11.5 Å². The summed E-state index contributed by atoms with van der Waals surface area (Å²) in [6, 6.07) is 67.3. The van der Waals surface area contributed by atoms with Gasteiger partial charge in [-0.05, 0) is 145 Å². The van der Waals surface area contributed by atoms with Crippen molar-refractivity contribution in [3.63, 3.8) is 0 Å². The lowest BCUT2D eigenvalue weighted by atomic mass is 9.84. The number of ether oxygens (including phenoxy) is 1. The predicted molar refractivity (Wildman–Crippen MR) is 234 cm³/mol. The molecule has 0 amide bonds. The van der Waals surface area contributed by atoms with Crippen LogP contribution >= 0.6 is 0 Å². The first-order valence-corrected chi connectivity index (χ1v) is 19.1. The molecule has 0 unspecified atom stereocenters. The van der Waals surface area contributed by atoms with E-state index in [0.29, 0.717) is 0 Å². The summed E-state index contributed by atoms with van der Waals surface area (Å²) >= 11 is 0. The van der Waals surface area contributed by atoms with Gasteiger partial charge in [-0.25, -0.2) is 0 Å². The largest absolute Gasteiger partial charge is 0.456 e. The van der Waals surface area contributed by atoms with Gasteiger partial charge in [-0.3, -0.25) is 0 Å². The lowest BCUT2D eigenvalue weighted by molar-refractivity contribution is 0.487. The molecule has 0 aromatic heterocycles. The van der Waals surface area contributed by atoms with Crippen molar-refractivity contribution in [2.24, 2.45) is 0 Å². The van der Waals surface area contributed by atoms with Crippen molar-refractivity contribution in [3.8, 4) is 44.9 Å². The maximum Gasteiger partial charge on any atom is 0.135 e. The Morgan fingerprint density at radius 3 is 1.65 bits per heavy atom. The fourth-order valence-electron chi connectivity index (χ4n) is 9.92. The molecule has 55 heavy (non-hydrogen) atoms. The van der Waals surface area contributed by atoms with Crippen LogP contribution in [0.1, 0.15) is 0 Å². The standard InChI is InChI=1S/C54H30O/c1-2-12-36-34(9-1)27-45(38-14-4-3-13-37(36)38)35-23-25-42-49-30-47-40-16-6-5-15-39(40)46(29-48(47)43-17-8-18-50(54(43)49)55-51(42)28-35)41-24-21-33-20-19-31-10-7-11-32-22-26-44(41)53(33)52(31)32/h1-30H. The Morgan fingerprint density at radius 1 is 0.236 bits per heavy atom. The molecule has 0 atom stereocenters. The molecule has 0 radical (unpaired) electrons. The second-order valence-corrected chi connectivity index (χ2v) is 15.1. The van der Waals surface area contributed by atoms with Gasteiger partial charge in [-0.2, -0.15) is 0 Å². The summed E-state index contributed by atoms with van der Waals surface area (Å²) in [6.07, 6.45) is 0. The van der Waals surface area contributed by atoms with Crippen LogP contribution in [-0.4, -0.2) is 0 Å². The zero-order valence-corrected chi connectivity index (χ0v) is 29.7. The number of fused-ring (bicyclic) bond motifs is 9. The molecular formula is C54H30O. The SMILES string of the molecule is c1ccc2c(c1)cc(-c1ccc3c(c1)Oc1cccc4c1c-3cc1c3ccccc3c(-c3ccc5ccc6cccc7ccc3c5c67)cc41)c1ccccc12. The summed E-state index contributed by atoms with van der Waals surface area (Å²) in [7, 11) is 0. The Bertz CT molecular complexity index is 3610. The molecule has 1 heterocycles. The van der Waals surface area contributed by atoms with Crippen LogP contribution in [-0.2, 0) is 0 Å². The Balaban J connectivity index is 1.06. The van der Waals surface area contributed by atoms with E-state index in [0.717, 1.165) is 22.6 Å². The van der Waals surface area contributed by atoms with Crippen molar-refractivity contribution >= 4 is 86.2 Å². The Labute approximate surface area is 316 Å². The smallest absolute Gasteiger partial charge is 0.135 e. The molecule has 1 heteroatoms. The minimum absolute atomic E-state index is 0.892. The molecule has 0 spiro atoms. The van der Waals surface area contributed by atoms with E-state index < -0.39 is 0 Å². The molecule has 252 valence electrons. The van der Waals surface area contributed by atoms with E-state index in [4.69, 9.17) is 4.74 Å². The third kappa shape index (κ3) is 3.97. The Hall–Kier alpha value is -7.22. The van der Waals surface area contributed by atoms with E-state index in [2.05, 4.69) is 182 Å². The van der Waals surface area contributed by atoms with Crippen LogP contribution in [0.15, 0.2) is 182 Å². The molecule has 0 aliphatic carbocycles. The second kappa shape index (κ2) is 10.7. The van der Waals surface area contributed by atoms with Crippen LogP contribution in [0.3, 0.4) is 0 Å². The molecule has 12 aromatic rings. The average molecular weight is 695 g/mol. The van der Waals surface area contributed by atoms with Crippen LogP contribution in [0.25, 0.3) is 120 Å². The van der Waals surface area contributed by atoms with Crippen molar-refractivity contribution < 1.29 is 4.74 Å². The molecule has 12 aromatic carbocycles. The molecule has 0 bridgehead atoms. The highest BCUT2D eigenvalue weighted by Gasteiger charge is 2.24. The molecule has 1 nitrogen and oxygen atoms in total. The van der Waals surface area contributed by atoms with Crippen molar-refractivity contribution in [2.45, 2.75) is 0 Å². The van der Waals surface area contributed by atoms with Crippen molar-refractivity contribution in [3.05, 3.63) is 182 Å². The van der Waals surface area contributed by atoms with Crippen LogP contribution in [0.2, 0.25) is 0 Å². The van der Waals surface area contributed by atoms with Gasteiger partial charge in [0, 0.05) is 10.9 Å². The van der Waals surface area contributed by atoms with Crippen molar-refractivity contribution in [1.29, 1.82) is 0 Å². The molecule has 0 N–H and O–H groups in total. The first-order valence-electron chi connectivity index (χ1n) is 19.1. The Morgan fingerprint density at radius 2 is 0.818 bits per heavy atom. The van der Waals surface area contributed by atoms with Crippen molar-refractivity contribution in [2.75, 3.05) is 0 Å². The highest BCUT2D eigenvalue weighted by Crippen LogP contribution is 2.52. The van der Waals surface area contributed by atoms with Gasteiger partial charge in [0.15, 0.2) is 0 Å². The highest BCUT2D eigenvalue weighted by molar-refractivity contribution is 6.29. The van der Waals surface area contributed by atoms with Gasteiger partial charge in [0.2, 0.25) is 0 Å². The maximum atomic E-state index is 6.89. The number of hydrogen-bond acceptors (Lipinski definition) is 1. The van der Waals surface area contributed by atoms with E-state index in [-0.39, 0.29) is 0 Å². The van der Waals surface area contributed by atoms with Gasteiger partial charge in [-0.15, -0.1) is 0 Å². The van der Waals surface area contributed by atoms with E-state index in [1.807, 2.05) is 0 Å². The number of rotatable bonds is 2. The highest BCUT2D eigenvalue weighted by atomic mass is 16.5. The number of hydrogen-bond donors (Lipinski definition) is 0. The summed E-state index contributed by atoms with van der Waals surface area (Å²) < 4.78 is 6.89. The molecule has 1 aliphatic heterocycles. The third-order valence-electron chi connectivity index (χ3n) is 12.4. The van der Waals surface area contributed by atoms with Gasteiger partial charge >= 0.3 is 0 Å². The van der Waals surface area contributed by atoms with Crippen LogP contribution in [0, 0.1) is 0 Å².